The number of pyridine rings is 1. The highest BCUT2D eigenvalue weighted by atomic mass is 35.5. The molecule has 0 spiro atoms. The Labute approximate surface area is 195 Å². The number of alkyl halides is 3. The lowest BCUT2D eigenvalue weighted by molar-refractivity contribution is -0.119. The minimum absolute atomic E-state index is 0.00806. The molecule has 7 nitrogen and oxygen atoms in total. The molecule has 3 heterocycles. The van der Waals surface area contributed by atoms with Crippen LogP contribution < -0.4 is 15.1 Å². The second-order valence-electron chi connectivity index (χ2n) is 6.70. The number of hydrogen-bond acceptors (Lipinski definition) is 6. The number of aromatic nitrogens is 2. The van der Waals surface area contributed by atoms with Gasteiger partial charge in [0.25, 0.3) is 5.91 Å². The molecule has 4 rings (SSSR count). The Bertz CT molecular complexity index is 1270. The number of benzene rings is 1. The van der Waals surface area contributed by atoms with Crippen molar-refractivity contribution >= 4 is 68.5 Å². The molecule has 1 aliphatic heterocycles. The van der Waals surface area contributed by atoms with E-state index in [1.165, 1.54) is 12.6 Å². The zero-order valence-corrected chi connectivity index (χ0v) is 18.7. The van der Waals surface area contributed by atoms with Crippen LogP contribution in [0.3, 0.4) is 0 Å². The number of fused-ring (bicyclic) bond motifs is 1. The Hall–Kier alpha value is -2.71. The van der Waals surface area contributed by atoms with Gasteiger partial charge in [-0.1, -0.05) is 11.6 Å². The third-order valence-electron chi connectivity index (χ3n) is 4.70. The van der Waals surface area contributed by atoms with Gasteiger partial charge in [0, 0.05) is 18.5 Å². The van der Waals surface area contributed by atoms with Gasteiger partial charge in [-0.2, -0.15) is 13.2 Å². The number of likely N-dealkylation sites (N-methyl/N-ethyl adjacent to an activating group) is 1. The first kappa shape index (κ1) is 23.4. The summed E-state index contributed by atoms with van der Waals surface area (Å²) >= 11 is 6.12. The van der Waals surface area contributed by atoms with Crippen molar-refractivity contribution in [2.24, 2.45) is 0 Å². The van der Waals surface area contributed by atoms with Crippen molar-refractivity contribution in [3.05, 3.63) is 40.4 Å². The molecule has 0 saturated carbocycles. The van der Waals surface area contributed by atoms with E-state index in [4.69, 9.17) is 11.6 Å². The van der Waals surface area contributed by atoms with Crippen molar-refractivity contribution in [1.82, 2.24) is 15.3 Å². The Morgan fingerprint density at radius 2 is 2.09 bits per heavy atom. The third kappa shape index (κ3) is 4.42. The van der Waals surface area contributed by atoms with Crippen molar-refractivity contribution in [2.45, 2.75) is 16.4 Å². The summed E-state index contributed by atoms with van der Waals surface area (Å²) in [5.74, 6) is -3.21. The molecule has 1 aliphatic rings. The fourth-order valence-corrected chi connectivity index (χ4v) is 4.78. The highest BCUT2D eigenvalue weighted by Crippen LogP contribution is 2.42. The molecule has 0 aliphatic carbocycles. The van der Waals surface area contributed by atoms with Crippen molar-refractivity contribution in [3.63, 3.8) is 0 Å². The minimum atomic E-state index is -4.63. The van der Waals surface area contributed by atoms with Gasteiger partial charge in [-0.3, -0.25) is 9.69 Å². The van der Waals surface area contributed by atoms with Crippen LogP contribution in [0.25, 0.3) is 10.3 Å². The Kier molecular flexibility index (Phi) is 6.09. The molecule has 1 saturated heterocycles. The second-order valence-corrected chi connectivity index (χ2v) is 9.01. The summed E-state index contributed by atoms with van der Waals surface area (Å²) in [6.07, 6.45) is 0. The van der Waals surface area contributed by atoms with Gasteiger partial charge < -0.3 is 10.2 Å². The SMILES string of the molecule is CN(C(=O)[C@@H]1CNC(=O)N1c1cc(SC(F)(F)F)c2ncsc2n1)c1ccc(F)c(Cl)c1F. The van der Waals surface area contributed by atoms with Crippen molar-refractivity contribution < 1.29 is 31.5 Å². The Balaban J connectivity index is 1.72. The lowest BCUT2D eigenvalue weighted by Crippen LogP contribution is -2.47. The fraction of sp³-hybridized carbons (Fsp3) is 0.222. The molecule has 33 heavy (non-hydrogen) atoms. The maximum atomic E-state index is 14.4. The molecule has 174 valence electrons. The van der Waals surface area contributed by atoms with Gasteiger partial charge in [0.1, 0.15) is 33.0 Å². The van der Waals surface area contributed by atoms with E-state index in [9.17, 15) is 31.5 Å². The first-order chi connectivity index (χ1) is 15.5. The van der Waals surface area contributed by atoms with Gasteiger partial charge in [0.15, 0.2) is 5.82 Å². The average Bonchev–Trinajstić information content (AvgIpc) is 3.36. The van der Waals surface area contributed by atoms with Gasteiger partial charge in [-0.05, 0) is 30.0 Å². The maximum Gasteiger partial charge on any atom is 0.446 e. The molecule has 0 unspecified atom stereocenters. The van der Waals surface area contributed by atoms with Gasteiger partial charge >= 0.3 is 11.5 Å². The van der Waals surface area contributed by atoms with Crippen LogP contribution in [-0.2, 0) is 4.79 Å². The lowest BCUT2D eigenvalue weighted by Gasteiger charge is -2.27. The van der Waals surface area contributed by atoms with E-state index in [1.54, 1.807) is 0 Å². The monoisotopic (exact) mass is 523 g/mol. The topological polar surface area (TPSA) is 78.4 Å². The second kappa shape index (κ2) is 8.57. The van der Waals surface area contributed by atoms with Crippen molar-refractivity contribution in [3.8, 4) is 0 Å². The number of urea groups is 1. The molecule has 3 amide bonds. The van der Waals surface area contributed by atoms with Crippen LogP contribution in [0.15, 0.2) is 28.6 Å². The molecule has 2 aromatic heterocycles. The number of amides is 3. The lowest BCUT2D eigenvalue weighted by atomic mass is 10.2. The molecule has 0 bridgehead atoms. The van der Waals surface area contributed by atoms with E-state index in [1.807, 2.05) is 0 Å². The largest absolute Gasteiger partial charge is 0.446 e. The van der Waals surface area contributed by atoms with Crippen LogP contribution in [-0.4, -0.2) is 47.0 Å². The molecule has 1 N–H and O–H groups in total. The number of nitrogens with zero attached hydrogens (tertiary/aromatic N) is 4. The highest BCUT2D eigenvalue weighted by molar-refractivity contribution is 8.00. The number of carbonyl (C=O) groups excluding carboxylic acids is 2. The van der Waals surface area contributed by atoms with E-state index in [0.29, 0.717) is 0 Å². The number of rotatable bonds is 4. The van der Waals surface area contributed by atoms with Crippen LogP contribution in [0.5, 0.6) is 0 Å². The highest BCUT2D eigenvalue weighted by Gasteiger charge is 2.41. The number of anilines is 2. The fourth-order valence-electron chi connectivity index (χ4n) is 3.22. The van der Waals surface area contributed by atoms with Crippen LogP contribution in [0.1, 0.15) is 0 Å². The summed E-state index contributed by atoms with van der Waals surface area (Å²) in [5, 5.41) is 1.62. The first-order valence-electron chi connectivity index (χ1n) is 8.96. The van der Waals surface area contributed by atoms with Crippen LogP contribution in [0.2, 0.25) is 5.02 Å². The third-order valence-corrected chi connectivity index (χ3v) is 6.53. The number of carbonyl (C=O) groups is 2. The van der Waals surface area contributed by atoms with Crippen molar-refractivity contribution in [2.75, 3.05) is 23.4 Å². The molecule has 1 atom stereocenters. The van der Waals surface area contributed by atoms with Gasteiger partial charge in [0.2, 0.25) is 0 Å². The van der Waals surface area contributed by atoms with E-state index >= 15 is 0 Å². The summed E-state index contributed by atoms with van der Waals surface area (Å²) in [4.78, 5) is 35.3. The van der Waals surface area contributed by atoms with Crippen LogP contribution in [0, 0.1) is 11.6 Å². The molecule has 15 heteroatoms. The number of thiazole rings is 1. The van der Waals surface area contributed by atoms with Gasteiger partial charge in [-0.15, -0.1) is 11.3 Å². The Morgan fingerprint density at radius 1 is 1.36 bits per heavy atom. The molecule has 1 aromatic carbocycles. The Morgan fingerprint density at radius 3 is 2.79 bits per heavy atom. The summed E-state index contributed by atoms with van der Waals surface area (Å²) < 4.78 is 67.1. The molecular formula is C18H11ClF5N5O2S2. The van der Waals surface area contributed by atoms with Crippen LogP contribution in [0.4, 0.5) is 38.3 Å². The van der Waals surface area contributed by atoms with Gasteiger partial charge in [-0.25, -0.2) is 23.5 Å². The molecular weight excluding hydrogens is 513 g/mol. The van der Waals surface area contributed by atoms with Gasteiger partial charge in [0.05, 0.1) is 11.2 Å². The summed E-state index contributed by atoms with van der Waals surface area (Å²) in [6.45, 7) is -0.220. The number of halogens is 6. The maximum absolute atomic E-state index is 14.4. The first-order valence-corrected chi connectivity index (χ1v) is 11.0. The number of thioether (sulfide) groups is 1. The molecule has 3 aromatic rings. The van der Waals surface area contributed by atoms with Crippen molar-refractivity contribution in [1.29, 1.82) is 0 Å². The summed E-state index contributed by atoms with van der Waals surface area (Å²) in [7, 11) is 1.20. The summed E-state index contributed by atoms with van der Waals surface area (Å²) in [6, 6.07) is 0.843. The summed E-state index contributed by atoms with van der Waals surface area (Å²) in [5.41, 5.74) is -3.65. The standard InChI is InChI=1S/C18H11ClF5N5O2S2/c1-28(8-3-2-7(20)12(19)13(8)21)16(30)9-5-25-17(31)29(9)11-4-10(33-18(22,23)24)14-15(27-11)32-6-26-14/h2-4,6,9H,5H2,1H3,(H,25,31)/t9-/m0/s1. The van der Waals surface area contributed by atoms with E-state index in [-0.39, 0.29) is 33.3 Å². The predicted molar refractivity (Wildman–Crippen MR) is 114 cm³/mol. The zero-order chi connectivity index (χ0) is 24.1. The van der Waals surface area contributed by atoms with Crippen LogP contribution >= 0.6 is 34.7 Å². The molecule has 0 radical (unpaired) electrons. The van der Waals surface area contributed by atoms with E-state index in [0.717, 1.165) is 39.3 Å². The van der Waals surface area contributed by atoms with E-state index in [2.05, 4.69) is 15.3 Å². The normalized spacial score (nSPS) is 16.4. The zero-order valence-electron chi connectivity index (χ0n) is 16.3. The number of nitrogens with one attached hydrogen (secondary N) is 1. The minimum Gasteiger partial charge on any atom is -0.335 e. The quantitative estimate of drug-likeness (QED) is 0.302. The van der Waals surface area contributed by atoms with E-state index < -0.39 is 51.9 Å². The predicted octanol–water partition coefficient (Wildman–Crippen LogP) is 4.80. The smallest absolute Gasteiger partial charge is 0.335 e. The average molecular weight is 524 g/mol. The molecule has 1 fully saturated rings. The number of hydrogen-bond donors (Lipinski definition) is 1.